The summed E-state index contributed by atoms with van der Waals surface area (Å²) in [5.74, 6) is -0.388. The number of hydrogen-bond donors (Lipinski definition) is 1. The maximum atomic E-state index is 11.5. The number of carbonyl (C=O) groups excluding carboxylic acids is 2. The van der Waals surface area contributed by atoms with E-state index in [1.807, 2.05) is 4.90 Å². The summed E-state index contributed by atoms with van der Waals surface area (Å²) in [5.41, 5.74) is 0. The van der Waals surface area contributed by atoms with E-state index in [0.717, 1.165) is 26.1 Å². The zero-order valence-electron chi connectivity index (χ0n) is 15.5. The summed E-state index contributed by atoms with van der Waals surface area (Å²) in [4.78, 5) is 27.2. The molecule has 0 spiro atoms. The van der Waals surface area contributed by atoms with Crippen LogP contribution in [0.4, 0.5) is 0 Å². The zero-order valence-corrected chi connectivity index (χ0v) is 15.5. The predicted octanol–water partition coefficient (Wildman–Crippen LogP) is 0.899. The molecular formula is C17H34N2O5. The molecule has 7 nitrogen and oxygen atoms in total. The highest BCUT2D eigenvalue weighted by atomic mass is 16.5. The summed E-state index contributed by atoms with van der Waals surface area (Å²) in [5, 5.41) is 9.18. The molecule has 0 atom stereocenters. The van der Waals surface area contributed by atoms with Crippen molar-refractivity contribution in [1.82, 2.24) is 9.80 Å². The summed E-state index contributed by atoms with van der Waals surface area (Å²) in [7, 11) is 0. The number of esters is 2. The van der Waals surface area contributed by atoms with Gasteiger partial charge in [0.2, 0.25) is 0 Å². The first-order valence-corrected chi connectivity index (χ1v) is 8.94. The molecule has 0 amide bonds. The van der Waals surface area contributed by atoms with Crippen molar-refractivity contribution in [2.24, 2.45) is 0 Å². The van der Waals surface area contributed by atoms with E-state index in [1.165, 1.54) is 0 Å². The van der Waals surface area contributed by atoms with Crippen LogP contribution in [0.5, 0.6) is 0 Å². The normalized spacial score (nSPS) is 11.1. The van der Waals surface area contributed by atoms with Gasteiger partial charge < -0.3 is 19.5 Å². The maximum absolute atomic E-state index is 11.5. The van der Waals surface area contributed by atoms with Crippen molar-refractivity contribution in [1.29, 1.82) is 0 Å². The first-order valence-electron chi connectivity index (χ1n) is 8.94. The number of rotatable bonds is 15. The second-order valence-corrected chi connectivity index (χ2v) is 5.52. The lowest BCUT2D eigenvalue weighted by atomic mass is 10.3. The number of aliphatic hydroxyl groups excluding tert-OH is 1. The fourth-order valence-corrected chi connectivity index (χ4v) is 2.38. The van der Waals surface area contributed by atoms with Gasteiger partial charge in [-0.1, -0.05) is 6.92 Å². The van der Waals surface area contributed by atoms with E-state index in [2.05, 4.69) is 11.8 Å². The fourth-order valence-electron chi connectivity index (χ4n) is 2.38. The van der Waals surface area contributed by atoms with Crippen LogP contribution in [0.25, 0.3) is 0 Å². The van der Waals surface area contributed by atoms with Crippen LogP contribution >= 0.6 is 0 Å². The third-order valence-electron chi connectivity index (χ3n) is 3.56. The van der Waals surface area contributed by atoms with Crippen LogP contribution in [0.15, 0.2) is 0 Å². The summed E-state index contributed by atoms with van der Waals surface area (Å²) in [6.07, 6.45) is 1.72. The first-order chi connectivity index (χ1) is 11.6. The lowest BCUT2D eigenvalue weighted by molar-refractivity contribution is -0.144. The predicted molar refractivity (Wildman–Crippen MR) is 92.8 cm³/mol. The minimum atomic E-state index is -0.215. The fraction of sp³-hybridized carbons (Fsp3) is 0.882. The van der Waals surface area contributed by atoms with Crippen LogP contribution in [0.2, 0.25) is 0 Å². The molecule has 0 fully saturated rings. The molecule has 0 saturated heterocycles. The van der Waals surface area contributed by atoms with E-state index in [0.29, 0.717) is 45.7 Å². The monoisotopic (exact) mass is 346 g/mol. The molecule has 0 saturated carbocycles. The smallest absolute Gasteiger partial charge is 0.307 e. The van der Waals surface area contributed by atoms with E-state index < -0.39 is 0 Å². The van der Waals surface area contributed by atoms with Gasteiger partial charge in [0.25, 0.3) is 0 Å². The van der Waals surface area contributed by atoms with Crippen LogP contribution in [-0.4, -0.2) is 85.9 Å². The molecule has 142 valence electrons. The molecule has 1 N–H and O–H groups in total. The van der Waals surface area contributed by atoms with Gasteiger partial charge >= 0.3 is 11.9 Å². The number of carbonyl (C=O) groups is 2. The lowest BCUT2D eigenvalue weighted by Crippen LogP contribution is -2.39. The van der Waals surface area contributed by atoms with E-state index >= 15 is 0 Å². The molecule has 0 aromatic rings. The Kier molecular flexibility index (Phi) is 14.6. The van der Waals surface area contributed by atoms with Gasteiger partial charge in [-0.3, -0.25) is 14.5 Å². The Morgan fingerprint density at radius 1 is 0.750 bits per heavy atom. The summed E-state index contributed by atoms with van der Waals surface area (Å²) < 4.78 is 9.89. The van der Waals surface area contributed by atoms with Crippen molar-refractivity contribution in [3.05, 3.63) is 0 Å². The Labute approximate surface area is 145 Å². The Hall–Kier alpha value is -1.18. The van der Waals surface area contributed by atoms with Crippen molar-refractivity contribution >= 4 is 11.9 Å². The minimum Gasteiger partial charge on any atom is -0.466 e. The summed E-state index contributed by atoms with van der Waals surface area (Å²) in [6, 6.07) is 0. The molecule has 0 aliphatic rings. The molecule has 0 heterocycles. The van der Waals surface area contributed by atoms with E-state index in [1.54, 1.807) is 13.8 Å². The van der Waals surface area contributed by atoms with Gasteiger partial charge in [0, 0.05) is 32.7 Å². The number of ether oxygens (including phenoxy) is 2. The lowest BCUT2D eigenvalue weighted by Gasteiger charge is -2.26. The van der Waals surface area contributed by atoms with Gasteiger partial charge in [0.05, 0.1) is 32.7 Å². The summed E-state index contributed by atoms with van der Waals surface area (Å²) >= 11 is 0. The number of nitrogens with zero attached hydrogens (tertiary/aromatic N) is 2. The molecule has 0 aliphatic carbocycles. The van der Waals surface area contributed by atoms with Crippen molar-refractivity contribution in [3.8, 4) is 0 Å². The van der Waals surface area contributed by atoms with Crippen LogP contribution in [-0.2, 0) is 19.1 Å². The Morgan fingerprint density at radius 2 is 1.21 bits per heavy atom. The topological polar surface area (TPSA) is 79.3 Å². The second kappa shape index (κ2) is 15.4. The molecular weight excluding hydrogens is 312 g/mol. The van der Waals surface area contributed by atoms with Crippen LogP contribution < -0.4 is 0 Å². The average Bonchev–Trinajstić information content (AvgIpc) is 2.55. The van der Waals surface area contributed by atoms with Crippen LogP contribution in [0.3, 0.4) is 0 Å². The Bertz CT molecular complexity index is 307. The SMILES string of the molecule is CCCN(CCC(=O)OCC)CCN(CCO)CCC(=O)OCC. The molecule has 0 bridgehead atoms. The van der Waals surface area contributed by atoms with Gasteiger partial charge in [0.1, 0.15) is 0 Å². The largest absolute Gasteiger partial charge is 0.466 e. The van der Waals surface area contributed by atoms with Gasteiger partial charge in [-0.2, -0.15) is 0 Å². The summed E-state index contributed by atoms with van der Waals surface area (Å²) in [6.45, 7) is 10.7. The highest BCUT2D eigenvalue weighted by Crippen LogP contribution is 2.00. The highest BCUT2D eigenvalue weighted by Gasteiger charge is 2.12. The van der Waals surface area contributed by atoms with Crippen molar-refractivity contribution in [2.45, 2.75) is 40.0 Å². The maximum Gasteiger partial charge on any atom is 0.307 e. The Morgan fingerprint density at radius 3 is 1.58 bits per heavy atom. The molecule has 7 heteroatoms. The minimum absolute atomic E-state index is 0.0550. The molecule has 0 aromatic carbocycles. The molecule has 0 aromatic heterocycles. The van der Waals surface area contributed by atoms with Gasteiger partial charge in [-0.05, 0) is 26.8 Å². The first kappa shape index (κ1) is 22.8. The number of hydrogen-bond acceptors (Lipinski definition) is 7. The van der Waals surface area contributed by atoms with Gasteiger partial charge in [-0.25, -0.2) is 0 Å². The van der Waals surface area contributed by atoms with E-state index in [-0.39, 0.29) is 18.5 Å². The van der Waals surface area contributed by atoms with Crippen LogP contribution in [0, 0.1) is 0 Å². The van der Waals surface area contributed by atoms with Crippen molar-refractivity contribution in [2.75, 3.05) is 59.1 Å². The molecule has 0 aliphatic heterocycles. The van der Waals surface area contributed by atoms with Crippen molar-refractivity contribution < 1.29 is 24.2 Å². The average molecular weight is 346 g/mol. The van der Waals surface area contributed by atoms with Gasteiger partial charge in [0.15, 0.2) is 0 Å². The quantitative estimate of drug-likeness (QED) is 0.441. The molecule has 0 radical (unpaired) electrons. The number of aliphatic hydroxyl groups is 1. The molecule has 0 unspecified atom stereocenters. The van der Waals surface area contributed by atoms with E-state index in [9.17, 15) is 14.7 Å². The standard InChI is InChI=1S/C17H34N2O5/c1-4-9-18(10-7-16(21)23-5-2)12-13-19(14-15-20)11-8-17(22)24-6-3/h20H,4-15H2,1-3H3. The molecule has 0 rings (SSSR count). The second-order valence-electron chi connectivity index (χ2n) is 5.52. The molecule has 24 heavy (non-hydrogen) atoms. The van der Waals surface area contributed by atoms with E-state index in [4.69, 9.17) is 9.47 Å². The van der Waals surface area contributed by atoms with Crippen molar-refractivity contribution in [3.63, 3.8) is 0 Å². The zero-order chi connectivity index (χ0) is 18.2. The third-order valence-corrected chi connectivity index (χ3v) is 3.56. The Balaban J connectivity index is 4.26. The highest BCUT2D eigenvalue weighted by molar-refractivity contribution is 5.69. The third kappa shape index (κ3) is 12.3. The van der Waals surface area contributed by atoms with Gasteiger partial charge in [-0.15, -0.1) is 0 Å². The van der Waals surface area contributed by atoms with Crippen LogP contribution in [0.1, 0.15) is 40.0 Å².